The molecule has 1 fully saturated rings. The van der Waals surface area contributed by atoms with Crippen molar-refractivity contribution in [3.63, 3.8) is 0 Å². The van der Waals surface area contributed by atoms with E-state index in [1.807, 2.05) is 24.0 Å². The summed E-state index contributed by atoms with van der Waals surface area (Å²) in [5.74, 6) is 0.761. The third kappa shape index (κ3) is 2.97. The molecule has 0 radical (unpaired) electrons. The van der Waals surface area contributed by atoms with Gasteiger partial charge in [-0.2, -0.15) is 0 Å². The van der Waals surface area contributed by atoms with Gasteiger partial charge in [-0.05, 0) is 38.1 Å². The first-order valence-corrected chi connectivity index (χ1v) is 6.04. The van der Waals surface area contributed by atoms with E-state index in [0.717, 1.165) is 26.1 Å². The molecular formula is C13H18N2O2. The van der Waals surface area contributed by atoms with Crippen molar-refractivity contribution in [2.75, 3.05) is 19.6 Å². The van der Waals surface area contributed by atoms with Crippen LogP contribution in [-0.2, 0) is 4.79 Å². The topological polar surface area (TPSA) is 45.5 Å². The normalized spacial score (nSPS) is 19.9. The van der Waals surface area contributed by atoms with Crippen LogP contribution in [0.5, 0.6) is 0 Å². The van der Waals surface area contributed by atoms with Crippen molar-refractivity contribution in [1.82, 2.24) is 10.2 Å². The third-order valence-electron chi connectivity index (χ3n) is 3.03. The molecule has 1 aromatic heterocycles. The zero-order valence-electron chi connectivity index (χ0n) is 10.1. The lowest BCUT2D eigenvalue weighted by atomic mass is 10.2. The van der Waals surface area contributed by atoms with E-state index in [2.05, 4.69) is 5.32 Å². The Morgan fingerprint density at radius 1 is 1.71 bits per heavy atom. The maximum absolute atomic E-state index is 12.0. The van der Waals surface area contributed by atoms with Gasteiger partial charge < -0.3 is 14.6 Å². The summed E-state index contributed by atoms with van der Waals surface area (Å²) in [5.41, 5.74) is 0. The Kier molecular flexibility index (Phi) is 3.98. The molecule has 4 nitrogen and oxygen atoms in total. The molecular weight excluding hydrogens is 216 g/mol. The summed E-state index contributed by atoms with van der Waals surface area (Å²) in [6.45, 7) is 4.65. The highest BCUT2D eigenvalue weighted by molar-refractivity contribution is 5.91. The largest absolute Gasteiger partial charge is 0.465 e. The number of furan rings is 1. The van der Waals surface area contributed by atoms with Crippen molar-refractivity contribution >= 4 is 12.0 Å². The van der Waals surface area contributed by atoms with E-state index in [-0.39, 0.29) is 5.91 Å². The Balaban J connectivity index is 1.97. The van der Waals surface area contributed by atoms with Gasteiger partial charge in [0.2, 0.25) is 5.91 Å². The van der Waals surface area contributed by atoms with Crippen LogP contribution < -0.4 is 5.32 Å². The summed E-state index contributed by atoms with van der Waals surface area (Å²) in [5, 5.41) is 3.28. The van der Waals surface area contributed by atoms with Crippen molar-refractivity contribution in [3.05, 3.63) is 30.2 Å². The zero-order chi connectivity index (χ0) is 12.1. The van der Waals surface area contributed by atoms with Crippen LogP contribution in [0, 0.1) is 0 Å². The summed E-state index contributed by atoms with van der Waals surface area (Å²) in [7, 11) is 0. The molecule has 1 saturated heterocycles. The van der Waals surface area contributed by atoms with Gasteiger partial charge in [0.25, 0.3) is 0 Å². The standard InChI is InChI=1S/C13H18N2O2/c1-2-15(11-7-8-14-10-11)13(16)6-5-12-4-3-9-17-12/h3-6,9,11,14H,2,7-8,10H2,1H3/b6-5+. The number of carbonyl (C=O) groups excluding carboxylic acids is 1. The summed E-state index contributed by atoms with van der Waals surface area (Å²) in [6, 6.07) is 3.97. The van der Waals surface area contributed by atoms with Crippen molar-refractivity contribution in [3.8, 4) is 0 Å². The molecule has 1 amide bonds. The second kappa shape index (κ2) is 5.68. The SMILES string of the molecule is CCN(C(=O)/C=C/c1ccco1)C1CCNC1. The molecule has 0 aliphatic carbocycles. The molecule has 17 heavy (non-hydrogen) atoms. The number of carbonyl (C=O) groups is 1. The van der Waals surface area contributed by atoms with Gasteiger partial charge in [-0.1, -0.05) is 0 Å². The van der Waals surface area contributed by atoms with Gasteiger partial charge in [-0.15, -0.1) is 0 Å². The van der Waals surface area contributed by atoms with Crippen LogP contribution in [0.25, 0.3) is 6.08 Å². The Labute approximate surface area is 101 Å². The van der Waals surface area contributed by atoms with Gasteiger partial charge in [-0.3, -0.25) is 4.79 Å². The number of likely N-dealkylation sites (N-methyl/N-ethyl adjacent to an activating group) is 1. The molecule has 92 valence electrons. The molecule has 4 heteroatoms. The van der Waals surface area contributed by atoms with Crippen LogP contribution in [0.4, 0.5) is 0 Å². The molecule has 0 saturated carbocycles. The molecule has 0 spiro atoms. The molecule has 1 aliphatic rings. The fourth-order valence-corrected chi connectivity index (χ4v) is 2.13. The fraction of sp³-hybridized carbons (Fsp3) is 0.462. The predicted molar refractivity (Wildman–Crippen MR) is 66.4 cm³/mol. The minimum Gasteiger partial charge on any atom is -0.465 e. The van der Waals surface area contributed by atoms with Crippen molar-refractivity contribution in [1.29, 1.82) is 0 Å². The van der Waals surface area contributed by atoms with Gasteiger partial charge >= 0.3 is 0 Å². The number of nitrogens with one attached hydrogen (secondary N) is 1. The number of hydrogen-bond donors (Lipinski definition) is 1. The summed E-state index contributed by atoms with van der Waals surface area (Å²) < 4.78 is 5.15. The van der Waals surface area contributed by atoms with Crippen molar-refractivity contribution < 1.29 is 9.21 Å². The van der Waals surface area contributed by atoms with Crippen LogP contribution >= 0.6 is 0 Å². The van der Waals surface area contributed by atoms with E-state index in [1.54, 1.807) is 18.4 Å². The molecule has 0 aromatic carbocycles. The van der Waals surface area contributed by atoms with E-state index < -0.39 is 0 Å². The Hall–Kier alpha value is -1.55. The van der Waals surface area contributed by atoms with Gasteiger partial charge in [0.15, 0.2) is 0 Å². The number of rotatable bonds is 4. The number of hydrogen-bond acceptors (Lipinski definition) is 3. The van der Waals surface area contributed by atoms with Gasteiger partial charge in [0, 0.05) is 25.2 Å². The molecule has 1 unspecified atom stereocenters. The summed E-state index contributed by atoms with van der Waals surface area (Å²) in [6.07, 6.45) is 5.94. The highest BCUT2D eigenvalue weighted by Gasteiger charge is 2.23. The Morgan fingerprint density at radius 2 is 2.59 bits per heavy atom. The third-order valence-corrected chi connectivity index (χ3v) is 3.03. The van der Waals surface area contributed by atoms with Gasteiger partial charge in [0.05, 0.1) is 6.26 Å². The number of nitrogens with zero attached hydrogens (tertiary/aromatic N) is 1. The van der Waals surface area contributed by atoms with Crippen LogP contribution in [0.3, 0.4) is 0 Å². The summed E-state index contributed by atoms with van der Waals surface area (Å²) in [4.78, 5) is 13.9. The average molecular weight is 234 g/mol. The highest BCUT2D eigenvalue weighted by atomic mass is 16.3. The molecule has 2 heterocycles. The zero-order valence-corrected chi connectivity index (χ0v) is 10.1. The van der Waals surface area contributed by atoms with E-state index in [9.17, 15) is 4.79 Å². The second-order valence-corrected chi connectivity index (χ2v) is 4.12. The first-order chi connectivity index (χ1) is 8.31. The lowest BCUT2D eigenvalue weighted by molar-refractivity contribution is -0.127. The Morgan fingerprint density at radius 3 is 3.18 bits per heavy atom. The maximum atomic E-state index is 12.0. The van der Waals surface area contributed by atoms with Gasteiger partial charge in [0.1, 0.15) is 5.76 Å². The first-order valence-electron chi connectivity index (χ1n) is 6.04. The minimum atomic E-state index is 0.0533. The monoisotopic (exact) mass is 234 g/mol. The molecule has 1 aromatic rings. The first kappa shape index (κ1) is 11.9. The van der Waals surface area contributed by atoms with Crippen molar-refractivity contribution in [2.24, 2.45) is 0 Å². The van der Waals surface area contributed by atoms with Crippen LogP contribution in [0.1, 0.15) is 19.1 Å². The molecule has 0 bridgehead atoms. The van der Waals surface area contributed by atoms with Crippen LogP contribution in [-0.4, -0.2) is 36.5 Å². The number of amides is 1. The second-order valence-electron chi connectivity index (χ2n) is 4.12. The smallest absolute Gasteiger partial charge is 0.246 e. The molecule has 1 aliphatic heterocycles. The fourth-order valence-electron chi connectivity index (χ4n) is 2.13. The molecule has 2 rings (SSSR count). The highest BCUT2D eigenvalue weighted by Crippen LogP contribution is 2.10. The van der Waals surface area contributed by atoms with E-state index in [1.165, 1.54) is 0 Å². The summed E-state index contributed by atoms with van der Waals surface area (Å²) >= 11 is 0. The maximum Gasteiger partial charge on any atom is 0.246 e. The predicted octanol–water partition coefficient (Wildman–Crippen LogP) is 1.50. The molecule has 1 N–H and O–H groups in total. The quantitative estimate of drug-likeness (QED) is 0.803. The van der Waals surface area contributed by atoms with Gasteiger partial charge in [-0.25, -0.2) is 0 Å². The lowest BCUT2D eigenvalue weighted by Crippen LogP contribution is -2.40. The van der Waals surface area contributed by atoms with E-state index in [4.69, 9.17) is 4.42 Å². The van der Waals surface area contributed by atoms with Crippen LogP contribution in [0.15, 0.2) is 28.9 Å². The lowest BCUT2D eigenvalue weighted by Gasteiger charge is -2.25. The Bertz CT molecular complexity index is 378. The average Bonchev–Trinajstić information content (AvgIpc) is 3.00. The molecule has 1 atom stereocenters. The van der Waals surface area contributed by atoms with Crippen LogP contribution in [0.2, 0.25) is 0 Å². The van der Waals surface area contributed by atoms with Crippen molar-refractivity contribution in [2.45, 2.75) is 19.4 Å². The van der Waals surface area contributed by atoms with E-state index >= 15 is 0 Å². The van der Waals surface area contributed by atoms with E-state index in [0.29, 0.717) is 11.8 Å². The minimum absolute atomic E-state index is 0.0533.